The molecular weight excluding hydrogens is 358 g/mol. The number of aromatic nitrogens is 1. The number of benzene rings is 2. The number of alkyl halides is 2. The first kappa shape index (κ1) is 18.4. The second-order valence-corrected chi connectivity index (χ2v) is 5.59. The molecule has 0 unspecified atom stereocenters. The second kappa shape index (κ2) is 7.86. The topological polar surface area (TPSA) is 73.6 Å². The van der Waals surface area contributed by atoms with E-state index in [1.165, 1.54) is 25.3 Å². The molecular formula is C19H16F2N2O4. The van der Waals surface area contributed by atoms with Crippen LogP contribution in [-0.4, -0.2) is 24.8 Å². The van der Waals surface area contributed by atoms with Crippen LogP contribution in [-0.2, 0) is 0 Å². The van der Waals surface area contributed by atoms with Crippen molar-refractivity contribution in [2.45, 2.75) is 13.5 Å². The molecule has 0 bridgehead atoms. The van der Waals surface area contributed by atoms with Crippen LogP contribution in [0.15, 0.2) is 53.1 Å². The summed E-state index contributed by atoms with van der Waals surface area (Å²) in [6, 6.07) is 12.7. The lowest BCUT2D eigenvalue weighted by Crippen LogP contribution is -2.12. The number of hydrogen-bond donors (Lipinski definition) is 1. The lowest BCUT2D eigenvalue weighted by atomic mass is 10.0. The monoisotopic (exact) mass is 374 g/mol. The highest BCUT2D eigenvalue weighted by Gasteiger charge is 2.15. The molecule has 0 aliphatic rings. The number of amides is 1. The van der Waals surface area contributed by atoms with Crippen molar-refractivity contribution < 1.29 is 27.6 Å². The fourth-order valence-corrected chi connectivity index (χ4v) is 2.47. The highest BCUT2D eigenvalue weighted by Crippen LogP contribution is 2.34. The molecule has 0 saturated carbocycles. The highest BCUT2D eigenvalue weighted by atomic mass is 19.3. The van der Waals surface area contributed by atoms with Crippen LogP contribution in [0.25, 0.3) is 11.1 Å². The van der Waals surface area contributed by atoms with Gasteiger partial charge in [-0.1, -0.05) is 17.3 Å². The molecule has 8 heteroatoms. The van der Waals surface area contributed by atoms with E-state index in [9.17, 15) is 13.6 Å². The summed E-state index contributed by atoms with van der Waals surface area (Å²) in [5, 5.41) is 6.30. The fourth-order valence-electron chi connectivity index (χ4n) is 2.47. The van der Waals surface area contributed by atoms with Gasteiger partial charge in [-0.3, -0.25) is 4.79 Å². The van der Waals surface area contributed by atoms with Crippen molar-refractivity contribution in [1.82, 2.24) is 5.16 Å². The third kappa shape index (κ3) is 4.41. The molecule has 0 atom stereocenters. The van der Waals surface area contributed by atoms with E-state index >= 15 is 0 Å². The van der Waals surface area contributed by atoms with Gasteiger partial charge in [-0.2, -0.15) is 8.78 Å². The lowest BCUT2D eigenvalue weighted by Gasteiger charge is -2.13. The summed E-state index contributed by atoms with van der Waals surface area (Å²) < 4.78 is 40.1. The molecule has 27 heavy (non-hydrogen) atoms. The smallest absolute Gasteiger partial charge is 0.387 e. The Bertz CT molecular complexity index is 939. The number of hydrogen-bond acceptors (Lipinski definition) is 5. The maximum atomic E-state index is 12.7. The Morgan fingerprint density at radius 2 is 1.89 bits per heavy atom. The Hall–Kier alpha value is -3.42. The van der Waals surface area contributed by atoms with Crippen molar-refractivity contribution in [3.8, 4) is 22.6 Å². The van der Waals surface area contributed by atoms with Gasteiger partial charge in [0.05, 0.1) is 7.11 Å². The zero-order valence-electron chi connectivity index (χ0n) is 14.5. The number of aryl methyl sites for hydroxylation is 1. The number of halogens is 2. The van der Waals surface area contributed by atoms with Crippen molar-refractivity contribution in [3.05, 3.63) is 60.0 Å². The molecule has 0 aliphatic carbocycles. The van der Waals surface area contributed by atoms with E-state index < -0.39 is 12.5 Å². The van der Waals surface area contributed by atoms with Gasteiger partial charge in [-0.05, 0) is 42.8 Å². The molecule has 0 aliphatic heterocycles. The average molecular weight is 374 g/mol. The first-order chi connectivity index (χ1) is 13.0. The van der Waals surface area contributed by atoms with Crippen LogP contribution >= 0.6 is 0 Å². The third-order valence-corrected chi connectivity index (χ3v) is 3.72. The zero-order valence-corrected chi connectivity index (χ0v) is 14.5. The van der Waals surface area contributed by atoms with Crippen molar-refractivity contribution >= 4 is 11.6 Å². The minimum absolute atomic E-state index is 0.00885. The molecule has 2 aromatic carbocycles. The van der Waals surface area contributed by atoms with E-state index in [0.29, 0.717) is 28.3 Å². The SMILES string of the molecule is COc1ccc(-c2cc(NC(=O)c3cc(C)on3)ccc2OC(F)F)cc1. The molecule has 0 spiro atoms. The van der Waals surface area contributed by atoms with Crippen LogP contribution in [0, 0.1) is 6.92 Å². The fraction of sp³-hybridized carbons (Fsp3) is 0.158. The average Bonchev–Trinajstić information content (AvgIpc) is 3.09. The van der Waals surface area contributed by atoms with Gasteiger partial charge in [0.2, 0.25) is 0 Å². The van der Waals surface area contributed by atoms with Crippen LogP contribution in [0.1, 0.15) is 16.2 Å². The van der Waals surface area contributed by atoms with Crippen molar-refractivity contribution in [2.75, 3.05) is 12.4 Å². The summed E-state index contributed by atoms with van der Waals surface area (Å²) in [7, 11) is 1.53. The summed E-state index contributed by atoms with van der Waals surface area (Å²) in [5.41, 5.74) is 1.53. The van der Waals surface area contributed by atoms with E-state index in [0.717, 1.165) is 0 Å². The number of carbonyl (C=O) groups excluding carboxylic acids is 1. The van der Waals surface area contributed by atoms with E-state index in [1.54, 1.807) is 37.3 Å². The minimum atomic E-state index is -2.97. The molecule has 3 rings (SSSR count). The van der Waals surface area contributed by atoms with Crippen molar-refractivity contribution in [1.29, 1.82) is 0 Å². The van der Waals surface area contributed by atoms with Crippen molar-refractivity contribution in [3.63, 3.8) is 0 Å². The maximum Gasteiger partial charge on any atom is 0.387 e. The summed E-state index contributed by atoms with van der Waals surface area (Å²) in [6.07, 6.45) is 0. The molecule has 1 heterocycles. The molecule has 0 saturated heterocycles. The largest absolute Gasteiger partial charge is 0.497 e. The van der Waals surface area contributed by atoms with Crippen LogP contribution in [0.4, 0.5) is 14.5 Å². The number of nitrogens with zero attached hydrogens (tertiary/aromatic N) is 1. The molecule has 3 aromatic rings. The Balaban J connectivity index is 1.93. The highest BCUT2D eigenvalue weighted by molar-refractivity contribution is 6.03. The van der Waals surface area contributed by atoms with Crippen LogP contribution in [0.5, 0.6) is 11.5 Å². The zero-order chi connectivity index (χ0) is 19.4. The summed E-state index contributed by atoms with van der Waals surface area (Å²) in [4.78, 5) is 12.2. The molecule has 140 valence electrons. The van der Waals surface area contributed by atoms with Gasteiger partial charge in [-0.15, -0.1) is 0 Å². The van der Waals surface area contributed by atoms with Gasteiger partial charge < -0.3 is 19.3 Å². The number of ether oxygens (including phenoxy) is 2. The van der Waals surface area contributed by atoms with Crippen LogP contribution < -0.4 is 14.8 Å². The first-order valence-electron chi connectivity index (χ1n) is 7.94. The molecule has 6 nitrogen and oxygen atoms in total. The Kier molecular flexibility index (Phi) is 5.35. The normalized spacial score (nSPS) is 10.7. The molecule has 0 radical (unpaired) electrons. The number of anilines is 1. The predicted octanol–water partition coefficient (Wildman–Crippen LogP) is 4.51. The first-order valence-corrected chi connectivity index (χ1v) is 7.94. The summed E-state index contributed by atoms with van der Waals surface area (Å²) in [6.45, 7) is -1.30. The molecule has 1 N–H and O–H groups in total. The van der Waals surface area contributed by atoms with Gasteiger partial charge in [0.25, 0.3) is 5.91 Å². The molecule has 1 aromatic heterocycles. The Labute approximate surface area is 153 Å². The van der Waals surface area contributed by atoms with Crippen molar-refractivity contribution in [2.24, 2.45) is 0 Å². The second-order valence-electron chi connectivity index (χ2n) is 5.59. The third-order valence-electron chi connectivity index (χ3n) is 3.72. The van der Waals surface area contributed by atoms with Gasteiger partial charge in [0.15, 0.2) is 5.69 Å². The maximum absolute atomic E-state index is 12.7. The lowest BCUT2D eigenvalue weighted by molar-refractivity contribution is -0.0494. The van der Waals surface area contributed by atoms with Gasteiger partial charge in [0, 0.05) is 17.3 Å². The van der Waals surface area contributed by atoms with E-state index in [1.807, 2.05) is 0 Å². The van der Waals surface area contributed by atoms with E-state index in [2.05, 4.69) is 15.2 Å². The van der Waals surface area contributed by atoms with Gasteiger partial charge in [0.1, 0.15) is 17.3 Å². The molecule has 0 fully saturated rings. The predicted molar refractivity (Wildman–Crippen MR) is 94.3 cm³/mol. The van der Waals surface area contributed by atoms with E-state index in [-0.39, 0.29) is 11.4 Å². The number of carbonyl (C=O) groups is 1. The summed E-state index contributed by atoms with van der Waals surface area (Å²) in [5.74, 6) is 0.640. The standard InChI is InChI=1S/C19H16F2N2O4/c1-11-9-16(23-27-11)18(24)22-13-5-8-17(26-19(20)21)15(10-13)12-3-6-14(25-2)7-4-12/h3-10,19H,1-2H3,(H,22,24). The quantitative estimate of drug-likeness (QED) is 0.687. The van der Waals surface area contributed by atoms with Crippen LogP contribution in [0.3, 0.4) is 0 Å². The summed E-state index contributed by atoms with van der Waals surface area (Å²) >= 11 is 0. The van der Waals surface area contributed by atoms with Gasteiger partial charge >= 0.3 is 6.61 Å². The van der Waals surface area contributed by atoms with Gasteiger partial charge in [-0.25, -0.2) is 0 Å². The Morgan fingerprint density at radius 1 is 1.15 bits per heavy atom. The Morgan fingerprint density at radius 3 is 2.48 bits per heavy atom. The number of methoxy groups -OCH3 is 1. The minimum Gasteiger partial charge on any atom is -0.497 e. The number of rotatable bonds is 6. The number of nitrogens with one attached hydrogen (secondary N) is 1. The van der Waals surface area contributed by atoms with Crippen LogP contribution in [0.2, 0.25) is 0 Å². The molecule has 1 amide bonds. The van der Waals surface area contributed by atoms with E-state index in [4.69, 9.17) is 9.26 Å².